The van der Waals surface area contributed by atoms with Gasteiger partial charge in [-0.25, -0.2) is 0 Å². The van der Waals surface area contributed by atoms with Gasteiger partial charge in [0.15, 0.2) is 0 Å². The van der Waals surface area contributed by atoms with E-state index in [0.29, 0.717) is 6.42 Å². The zero-order valence-electron chi connectivity index (χ0n) is 6.54. The van der Waals surface area contributed by atoms with E-state index in [9.17, 15) is 9.59 Å². The van der Waals surface area contributed by atoms with Crippen molar-refractivity contribution in [2.45, 2.75) is 26.2 Å². The van der Waals surface area contributed by atoms with Gasteiger partial charge in [0.05, 0.1) is 5.92 Å². The smallest absolute Gasteiger partial charge is 0.307 e. The lowest BCUT2D eigenvalue weighted by atomic mass is 9.93. The largest absolute Gasteiger partial charge is 0.481 e. The van der Waals surface area contributed by atoms with Gasteiger partial charge in [-0.05, 0) is 19.8 Å². The van der Waals surface area contributed by atoms with E-state index in [4.69, 9.17) is 5.11 Å². The van der Waals surface area contributed by atoms with Crippen LogP contribution in [0.5, 0.6) is 0 Å². The van der Waals surface area contributed by atoms with Crippen LogP contribution in [0.1, 0.15) is 26.2 Å². The molecule has 1 N–H and O–H groups in total. The van der Waals surface area contributed by atoms with Gasteiger partial charge in [-0.3, -0.25) is 9.59 Å². The Balaban J connectivity index is 2.65. The molecule has 0 unspecified atom stereocenters. The number of hydrogen-bond donors (Lipinski definition) is 1. The highest BCUT2D eigenvalue weighted by molar-refractivity contribution is 5.84. The second kappa shape index (κ2) is 3.03. The van der Waals surface area contributed by atoms with E-state index in [1.165, 1.54) is 6.92 Å². The van der Waals surface area contributed by atoms with Crippen molar-refractivity contribution in [1.82, 2.24) is 0 Å². The number of ketones is 1. The Morgan fingerprint density at radius 1 is 1.27 bits per heavy atom. The average molecular weight is 156 g/mol. The Bertz CT molecular complexity index is 166. The van der Waals surface area contributed by atoms with Crippen LogP contribution in [0, 0.1) is 11.8 Å². The number of carbonyl (C=O) groups excluding carboxylic acids is 1. The number of carboxylic acids is 1. The molecule has 0 saturated heterocycles. The molecule has 1 saturated carbocycles. The van der Waals surface area contributed by atoms with E-state index in [1.807, 2.05) is 0 Å². The molecule has 0 aliphatic heterocycles. The van der Waals surface area contributed by atoms with Gasteiger partial charge in [0.25, 0.3) is 0 Å². The van der Waals surface area contributed by atoms with Gasteiger partial charge in [0.1, 0.15) is 5.78 Å². The van der Waals surface area contributed by atoms with Crippen molar-refractivity contribution in [3.8, 4) is 0 Å². The van der Waals surface area contributed by atoms with E-state index >= 15 is 0 Å². The molecule has 0 aromatic heterocycles. The molecule has 0 aromatic carbocycles. The van der Waals surface area contributed by atoms with Crippen molar-refractivity contribution < 1.29 is 14.7 Å². The Kier molecular flexibility index (Phi) is 2.27. The molecule has 0 radical (unpaired) electrons. The molecule has 1 aliphatic rings. The summed E-state index contributed by atoms with van der Waals surface area (Å²) in [4.78, 5) is 21.5. The fourth-order valence-electron chi connectivity index (χ4n) is 1.74. The highest BCUT2D eigenvalue weighted by Gasteiger charge is 2.35. The molecule has 0 spiro atoms. The van der Waals surface area contributed by atoms with Crippen molar-refractivity contribution in [3.63, 3.8) is 0 Å². The second-order valence-corrected chi connectivity index (χ2v) is 3.09. The fourth-order valence-corrected chi connectivity index (χ4v) is 1.74. The summed E-state index contributed by atoms with van der Waals surface area (Å²) < 4.78 is 0. The zero-order chi connectivity index (χ0) is 8.43. The number of Topliss-reactive ketones (excluding diaryl/α,β-unsaturated/α-hetero) is 1. The van der Waals surface area contributed by atoms with E-state index < -0.39 is 11.9 Å². The van der Waals surface area contributed by atoms with Crippen LogP contribution in [0.15, 0.2) is 0 Å². The molecule has 0 aromatic rings. The summed E-state index contributed by atoms with van der Waals surface area (Å²) in [6.45, 7) is 1.48. The van der Waals surface area contributed by atoms with Gasteiger partial charge in [-0.1, -0.05) is 6.42 Å². The quantitative estimate of drug-likeness (QED) is 0.650. The van der Waals surface area contributed by atoms with Crippen LogP contribution in [-0.4, -0.2) is 16.9 Å². The minimum Gasteiger partial charge on any atom is -0.481 e. The molecule has 1 aliphatic carbocycles. The molecule has 1 fully saturated rings. The average Bonchev–Trinajstić information content (AvgIpc) is 2.32. The van der Waals surface area contributed by atoms with Crippen LogP contribution in [0.2, 0.25) is 0 Å². The standard InChI is InChI=1S/C8H12O3/c1-5(9)6-3-2-4-7(6)8(10)11/h6-7H,2-4H2,1H3,(H,10,11)/t6-,7-/m1/s1. The number of aliphatic carboxylic acids is 1. The molecular weight excluding hydrogens is 144 g/mol. The Morgan fingerprint density at radius 3 is 2.18 bits per heavy atom. The van der Waals surface area contributed by atoms with Gasteiger partial charge in [0, 0.05) is 5.92 Å². The number of carboxylic acid groups (broad SMARTS) is 1. The predicted molar refractivity (Wildman–Crippen MR) is 39.1 cm³/mol. The summed E-state index contributed by atoms with van der Waals surface area (Å²) in [6.07, 6.45) is 2.30. The van der Waals surface area contributed by atoms with Crippen molar-refractivity contribution >= 4 is 11.8 Å². The van der Waals surface area contributed by atoms with Crippen LogP contribution < -0.4 is 0 Å². The molecular formula is C8H12O3. The first kappa shape index (κ1) is 8.24. The van der Waals surface area contributed by atoms with Crippen LogP contribution in [0.3, 0.4) is 0 Å². The first-order valence-electron chi connectivity index (χ1n) is 3.86. The van der Waals surface area contributed by atoms with Gasteiger partial charge in [-0.15, -0.1) is 0 Å². The monoisotopic (exact) mass is 156 g/mol. The Hall–Kier alpha value is -0.860. The van der Waals surface area contributed by atoms with Gasteiger partial charge < -0.3 is 5.11 Å². The number of carbonyl (C=O) groups is 2. The van der Waals surface area contributed by atoms with Crippen molar-refractivity contribution in [3.05, 3.63) is 0 Å². The van der Waals surface area contributed by atoms with E-state index in [-0.39, 0.29) is 11.7 Å². The maximum Gasteiger partial charge on any atom is 0.307 e. The SMILES string of the molecule is CC(=O)[C@H]1CCC[C@H]1C(=O)O. The summed E-state index contributed by atoms with van der Waals surface area (Å²) in [5.74, 6) is -1.42. The third kappa shape index (κ3) is 1.59. The van der Waals surface area contributed by atoms with Gasteiger partial charge in [-0.2, -0.15) is 0 Å². The van der Waals surface area contributed by atoms with Crippen molar-refractivity contribution in [1.29, 1.82) is 0 Å². The number of rotatable bonds is 2. The van der Waals surface area contributed by atoms with Crippen molar-refractivity contribution in [2.24, 2.45) is 11.8 Å². The molecule has 0 amide bonds. The Labute approximate surface area is 65.4 Å². The van der Waals surface area contributed by atoms with E-state index in [2.05, 4.69) is 0 Å². The molecule has 11 heavy (non-hydrogen) atoms. The third-order valence-electron chi connectivity index (χ3n) is 2.36. The molecule has 0 heterocycles. The summed E-state index contributed by atoms with van der Waals surface area (Å²) in [7, 11) is 0. The third-order valence-corrected chi connectivity index (χ3v) is 2.36. The lowest BCUT2D eigenvalue weighted by Gasteiger charge is -2.10. The summed E-state index contributed by atoms with van der Waals surface area (Å²) in [5.41, 5.74) is 0. The molecule has 0 bridgehead atoms. The lowest BCUT2D eigenvalue weighted by molar-refractivity contribution is -0.145. The van der Waals surface area contributed by atoms with Gasteiger partial charge >= 0.3 is 5.97 Å². The maximum atomic E-state index is 10.9. The zero-order valence-corrected chi connectivity index (χ0v) is 6.54. The normalized spacial score (nSPS) is 30.3. The topological polar surface area (TPSA) is 54.4 Å². The van der Waals surface area contributed by atoms with Crippen LogP contribution in [0.4, 0.5) is 0 Å². The van der Waals surface area contributed by atoms with Gasteiger partial charge in [0.2, 0.25) is 0 Å². The minimum atomic E-state index is -0.817. The number of hydrogen-bond acceptors (Lipinski definition) is 2. The van der Waals surface area contributed by atoms with Crippen LogP contribution in [-0.2, 0) is 9.59 Å². The molecule has 62 valence electrons. The molecule has 3 heteroatoms. The van der Waals surface area contributed by atoms with Crippen molar-refractivity contribution in [2.75, 3.05) is 0 Å². The maximum absolute atomic E-state index is 10.9. The second-order valence-electron chi connectivity index (χ2n) is 3.09. The highest BCUT2D eigenvalue weighted by atomic mass is 16.4. The highest BCUT2D eigenvalue weighted by Crippen LogP contribution is 2.32. The van der Waals surface area contributed by atoms with E-state index in [1.54, 1.807) is 0 Å². The molecule has 1 rings (SSSR count). The summed E-state index contributed by atoms with van der Waals surface area (Å²) >= 11 is 0. The van der Waals surface area contributed by atoms with Crippen LogP contribution >= 0.6 is 0 Å². The molecule has 3 nitrogen and oxygen atoms in total. The molecule has 2 atom stereocenters. The lowest BCUT2D eigenvalue weighted by Crippen LogP contribution is -2.23. The minimum absolute atomic E-state index is 0.0231. The first-order chi connectivity index (χ1) is 5.13. The Morgan fingerprint density at radius 2 is 1.82 bits per heavy atom. The summed E-state index contributed by atoms with van der Waals surface area (Å²) in [5, 5.41) is 8.68. The van der Waals surface area contributed by atoms with Crippen LogP contribution in [0.25, 0.3) is 0 Å². The summed E-state index contributed by atoms with van der Waals surface area (Å²) in [6, 6.07) is 0. The predicted octanol–water partition coefficient (Wildman–Crippen LogP) is 1.08. The first-order valence-corrected chi connectivity index (χ1v) is 3.86. The van der Waals surface area contributed by atoms with E-state index in [0.717, 1.165) is 12.8 Å². The fraction of sp³-hybridized carbons (Fsp3) is 0.750.